The summed E-state index contributed by atoms with van der Waals surface area (Å²) in [6.45, 7) is 3.85. The molecule has 0 saturated carbocycles. The monoisotopic (exact) mass is 477 g/mol. The lowest BCUT2D eigenvalue weighted by atomic mass is 9.92. The van der Waals surface area contributed by atoms with Gasteiger partial charge in [-0.2, -0.15) is 0 Å². The molecule has 0 aliphatic carbocycles. The molecular formula is C30H23NO5. The van der Waals surface area contributed by atoms with Gasteiger partial charge in [0.05, 0.1) is 11.1 Å². The number of aliphatic hydroxyl groups is 1. The number of aryl methyl sites for hydroxylation is 2. The van der Waals surface area contributed by atoms with Crippen molar-refractivity contribution in [1.29, 1.82) is 0 Å². The molecule has 0 saturated heterocycles. The van der Waals surface area contributed by atoms with Crippen molar-refractivity contribution >= 4 is 39.9 Å². The maximum Gasteiger partial charge on any atom is 0.339 e. The number of esters is 1. The molecule has 36 heavy (non-hydrogen) atoms. The molecule has 0 unspecified atom stereocenters. The van der Waals surface area contributed by atoms with E-state index in [1.165, 1.54) is 0 Å². The maximum absolute atomic E-state index is 13.6. The van der Waals surface area contributed by atoms with Crippen molar-refractivity contribution in [3.63, 3.8) is 0 Å². The second-order valence-corrected chi connectivity index (χ2v) is 8.78. The van der Waals surface area contributed by atoms with Gasteiger partial charge in [-0.1, -0.05) is 60.7 Å². The summed E-state index contributed by atoms with van der Waals surface area (Å²) in [7, 11) is 0. The van der Waals surface area contributed by atoms with Gasteiger partial charge in [0.15, 0.2) is 6.10 Å². The third kappa shape index (κ3) is 4.14. The number of carbonyl (C=O) groups excluding carboxylic acids is 3. The molecular weight excluding hydrogens is 454 g/mol. The first kappa shape index (κ1) is 23.1. The number of aliphatic hydroxyl groups excluding tert-OH is 1. The minimum absolute atomic E-state index is 0.286. The Morgan fingerprint density at radius 1 is 0.833 bits per heavy atom. The van der Waals surface area contributed by atoms with Crippen molar-refractivity contribution in [1.82, 2.24) is 0 Å². The molecule has 0 spiro atoms. The Morgan fingerprint density at radius 2 is 1.56 bits per heavy atom. The summed E-state index contributed by atoms with van der Waals surface area (Å²) in [6.07, 6.45) is -1.22. The van der Waals surface area contributed by atoms with Crippen molar-refractivity contribution in [3.05, 3.63) is 118 Å². The Bertz CT molecular complexity index is 1580. The zero-order valence-electron chi connectivity index (χ0n) is 19.7. The molecule has 5 rings (SSSR count). The van der Waals surface area contributed by atoms with Crippen LogP contribution in [0.4, 0.5) is 5.69 Å². The van der Waals surface area contributed by atoms with Crippen LogP contribution in [0.1, 0.15) is 38.7 Å². The van der Waals surface area contributed by atoms with E-state index in [-0.39, 0.29) is 11.1 Å². The number of fused-ring (bicyclic) bond motifs is 2. The lowest BCUT2D eigenvalue weighted by Gasteiger charge is -2.17. The van der Waals surface area contributed by atoms with Crippen LogP contribution in [0.15, 0.2) is 90.5 Å². The first-order valence-corrected chi connectivity index (χ1v) is 11.5. The molecule has 2 N–H and O–H groups in total. The van der Waals surface area contributed by atoms with Crippen LogP contribution >= 0.6 is 0 Å². The molecule has 0 bridgehead atoms. The van der Waals surface area contributed by atoms with Gasteiger partial charge in [0, 0.05) is 16.8 Å². The van der Waals surface area contributed by atoms with Crippen LogP contribution in [-0.4, -0.2) is 22.8 Å². The number of amides is 1. The molecule has 1 atom stereocenters. The number of rotatable bonds is 5. The third-order valence-electron chi connectivity index (χ3n) is 6.44. The van der Waals surface area contributed by atoms with E-state index in [9.17, 15) is 19.5 Å². The Balaban J connectivity index is 1.61. The van der Waals surface area contributed by atoms with Gasteiger partial charge in [0.1, 0.15) is 5.76 Å². The number of ether oxygens (including phenoxy) is 1. The molecule has 1 aliphatic rings. The number of Topliss-reactive ketones (excluding diaryl/α,β-unsaturated/α-hetero) is 1. The van der Waals surface area contributed by atoms with Crippen LogP contribution in [0.25, 0.3) is 16.5 Å². The van der Waals surface area contributed by atoms with Crippen molar-refractivity contribution < 1.29 is 24.2 Å². The third-order valence-corrected chi connectivity index (χ3v) is 6.44. The van der Waals surface area contributed by atoms with Gasteiger partial charge < -0.3 is 15.2 Å². The number of cyclic esters (lactones) is 1. The van der Waals surface area contributed by atoms with E-state index in [4.69, 9.17) is 4.74 Å². The van der Waals surface area contributed by atoms with Gasteiger partial charge in [-0.05, 0) is 60.0 Å². The fourth-order valence-corrected chi connectivity index (χ4v) is 4.33. The topological polar surface area (TPSA) is 92.7 Å². The molecule has 1 amide bonds. The van der Waals surface area contributed by atoms with Crippen LogP contribution in [0, 0.1) is 13.8 Å². The first-order valence-electron chi connectivity index (χ1n) is 11.5. The van der Waals surface area contributed by atoms with E-state index in [1.54, 1.807) is 48.5 Å². The highest BCUT2D eigenvalue weighted by molar-refractivity contribution is 6.47. The van der Waals surface area contributed by atoms with E-state index >= 15 is 0 Å². The van der Waals surface area contributed by atoms with Crippen LogP contribution in [-0.2, 0) is 14.3 Å². The average molecular weight is 478 g/mol. The van der Waals surface area contributed by atoms with Crippen LogP contribution in [0.3, 0.4) is 0 Å². The van der Waals surface area contributed by atoms with E-state index < -0.39 is 29.5 Å². The number of anilines is 1. The zero-order chi connectivity index (χ0) is 25.4. The molecule has 178 valence electrons. The second kappa shape index (κ2) is 9.15. The lowest BCUT2D eigenvalue weighted by molar-refractivity contribution is -0.133. The fourth-order valence-electron chi connectivity index (χ4n) is 4.33. The highest BCUT2D eigenvalue weighted by Crippen LogP contribution is 2.39. The maximum atomic E-state index is 13.6. The highest BCUT2D eigenvalue weighted by atomic mass is 16.5. The van der Waals surface area contributed by atoms with Gasteiger partial charge in [0.25, 0.3) is 11.7 Å². The summed E-state index contributed by atoms with van der Waals surface area (Å²) in [5.74, 6) is -2.98. The molecule has 6 heteroatoms. The molecule has 6 nitrogen and oxygen atoms in total. The van der Waals surface area contributed by atoms with Crippen LogP contribution in [0.2, 0.25) is 0 Å². The fraction of sp³-hybridized carbons (Fsp3) is 0.100. The predicted molar refractivity (Wildman–Crippen MR) is 138 cm³/mol. The van der Waals surface area contributed by atoms with Gasteiger partial charge in [-0.3, -0.25) is 9.59 Å². The number of carbonyl (C=O) groups is 3. The smallest absolute Gasteiger partial charge is 0.339 e. The molecule has 1 heterocycles. The number of nitrogens with one attached hydrogen (secondary N) is 1. The minimum atomic E-state index is -1.22. The standard InChI is InChI=1S/C30H23NO5/c1-17-11-14-22(15-18(17)2)31-29(34)27(33)25(28-23-9-5-6-10-24(23)30(35)36-28)26(32)21-13-12-19-7-3-4-8-20(19)16-21/h3-16,28,32H,1-2H3,(H,31,34)/b26-25-/t28-/m1/s1. The zero-order valence-corrected chi connectivity index (χ0v) is 19.7. The van der Waals surface area contributed by atoms with E-state index in [0.717, 1.165) is 21.9 Å². The number of ketones is 1. The Labute approximate surface area is 207 Å². The minimum Gasteiger partial charge on any atom is -0.507 e. The van der Waals surface area contributed by atoms with Gasteiger partial charge in [0.2, 0.25) is 0 Å². The summed E-state index contributed by atoms with van der Waals surface area (Å²) >= 11 is 0. The van der Waals surface area contributed by atoms with Gasteiger partial charge >= 0.3 is 5.97 Å². The molecule has 1 aliphatic heterocycles. The van der Waals surface area contributed by atoms with E-state index in [1.807, 2.05) is 50.2 Å². The highest BCUT2D eigenvalue weighted by Gasteiger charge is 2.40. The summed E-state index contributed by atoms with van der Waals surface area (Å²) < 4.78 is 5.52. The van der Waals surface area contributed by atoms with E-state index in [0.29, 0.717) is 16.8 Å². The number of hydrogen-bond acceptors (Lipinski definition) is 5. The Morgan fingerprint density at radius 3 is 2.33 bits per heavy atom. The quantitative estimate of drug-likeness (QED) is 0.163. The summed E-state index contributed by atoms with van der Waals surface area (Å²) in [4.78, 5) is 39.2. The average Bonchev–Trinajstić information content (AvgIpc) is 3.22. The lowest BCUT2D eigenvalue weighted by Crippen LogP contribution is -2.28. The number of hydrogen-bond donors (Lipinski definition) is 2. The van der Waals surface area contributed by atoms with Gasteiger partial charge in [-0.15, -0.1) is 0 Å². The normalized spacial score (nSPS) is 15.2. The largest absolute Gasteiger partial charge is 0.507 e. The van der Waals surface area contributed by atoms with Crippen molar-refractivity contribution in [2.75, 3.05) is 5.32 Å². The molecule has 0 radical (unpaired) electrons. The molecule has 4 aromatic rings. The summed E-state index contributed by atoms with van der Waals surface area (Å²) in [5, 5.41) is 15.8. The number of benzene rings is 4. The van der Waals surface area contributed by atoms with Crippen molar-refractivity contribution in [3.8, 4) is 0 Å². The SMILES string of the molecule is Cc1ccc(NC(=O)C(=O)/C(=C(/O)c2ccc3ccccc3c2)[C@@H]2OC(=O)c3ccccc32)cc1C. The molecule has 4 aromatic carbocycles. The van der Waals surface area contributed by atoms with Crippen LogP contribution < -0.4 is 5.32 Å². The Hall–Kier alpha value is -4.71. The predicted octanol–water partition coefficient (Wildman–Crippen LogP) is 5.85. The second-order valence-electron chi connectivity index (χ2n) is 8.78. The van der Waals surface area contributed by atoms with Crippen molar-refractivity contribution in [2.45, 2.75) is 20.0 Å². The Kier molecular flexibility index (Phi) is 5.86. The summed E-state index contributed by atoms with van der Waals surface area (Å²) in [5.41, 5.74) is 3.18. The van der Waals surface area contributed by atoms with Crippen LogP contribution in [0.5, 0.6) is 0 Å². The van der Waals surface area contributed by atoms with Crippen molar-refractivity contribution in [2.24, 2.45) is 0 Å². The molecule has 0 aromatic heterocycles. The molecule has 0 fully saturated rings. The van der Waals surface area contributed by atoms with Gasteiger partial charge in [-0.25, -0.2) is 4.79 Å². The first-order chi connectivity index (χ1) is 17.3. The van der Waals surface area contributed by atoms with E-state index in [2.05, 4.69) is 5.32 Å². The summed E-state index contributed by atoms with van der Waals surface area (Å²) in [6, 6.07) is 24.7.